The SMILES string of the molecule is O=C(Cc1cscn1)NC(CO)C(=O)O. The molecule has 1 aromatic rings. The number of carboxylic acids is 1. The Labute approximate surface area is 89.6 Å². The molecule has 0 spiro atoms. The van der Waals surface area contributed by atoms with E-state index >= 15 is 0 Å². The van der Waals surface area contributed by atoms with Crippen molar-refractivity contribution in [1.82, 2.24) is 10.3 Å². The molecule has 0 bridgehead atoms. The third-order valence-corrected chi connectivity index (χ3v) is 2.28. The summed E-state index contributed by atoms with van der Waals surface area (Å²) in [5.74, 6) is -1.73. The molecular weight excluding hydrogens is 220 g/mol. The number of hydrogen-bond donors (Lipinski definition) is 3. The Morgan fingerprint density at radius 3 is 2.80 bits per heavy atom. The predicted molar refractivity (Wildman–Crippen MR) is 52.5 cm³/mol. The maximum Gasteiger partial charge on any atom is 0.328 e. The van der Waals surface area contributed by atoms with Crippen molar-refractivity contribution < 1.29 is 19.8 Å². The predicted octanol–water partition coefficient (Wildman–Crippen LogP) is -0.753. The van der Waals surface area contributed by atoms with E-state index in [1.165, 1.54) is 11.3 Å². The number of hydrogen-bond acceptors (Lipinski definition) is 5. The van der Waals surface area contributed by atoms with Crippen LogP contribution >= 0.6 is 11.3 Å². The number of aliphatic hydroxyl groups excluding tert-OH is 1. The van der Waals surface area contributed by atoms with Crippen LogP contribution in [0.3, 0.4) is 0 Å². The van der Waals surface area contributed by atoms with Gasteiger partial charge in [-0.1, -0.05) is 0 Å². The second kappa shape index (κ2) is 5.42. The topological polar surface area (TPSA) is 99.5 Å². The lowest BCUT2D eigenvalue weighted by molar-refractivity contribution is -0.142. The summed E-state index contributed by atoms with van der Waals surface area (Å²) in [7, 11) is 0. The van der Waals surface area contributed by atoms with Crippen molar-refractivity contribution in [3.05, 3.63) is 16.6 Å². The summed E-state index contributed by atoms with van der Waals surface area (Å²) in [6.07, 6.45) is 0.0211. The van der Waals surface area contributed by atoms with Gasteiger partial charge in [-0.2, -0.15) is 0 Å². The highest BCUT2D eigenvalue weighted by molar-refractivity contribution is 7.07. The molecule has 1 unspecified atom stereocenters. The maximum atomic E-state index is 11.3. The van der Waals surface area contributed by atoms with Crippen LogP contribution in [0.4, 0.5) is 0 Å². The molecule has 15 heavy (non-hydrogen) atoms. The largest absolute Gasteiger partial charge is 0.480 e. The first-order valence-corrected chi connectivity index (χ1v) is 5.08. The van der Waals surface area contributed by atoms with Gasteiger partial charge >= 0.3 is 5.97 Å². The molecule has 0 saturated carbocycles. The van der Waals surface area contributed by atoms with E-state index < -0.39 is 24.5 Å². The molecule has 6 nitrogen and oxygen atoms in total. The van der Waals surface area contributed by atoms with E-state index in [4.69, 9.17) is 10.2 Å². The smallest absolute Gasteiger partial charge is 0.328 e. The van der Waals surface area contributed by atoms with Gasteiger partial charge in [0.1, 0.15) is 6.04 Å². The van der Waals surface area contributed by atoms with E-state index in [9.17, 15) is 9.59 Å². The van der Waals surface area contributed by atoms with Crippen molar-refractivity contribution in [1.29, 1.82) is 0 Å². The number of aromatic nitrogens is 1. The Morgan fingerprint density at radius 2 is 2.33 bits per heavy atom. The number of aliphatic hydroxyl groups is 1. The zero-order chi connectivity index (χ0) is 11.3. The highest BCUT2D eigenvalue weighted by Gasteiger charge is 2.18. The number of aliphatic carboxylic acids is 1. The van der Waals surface area contributed by atoms with Crippen molar-refractivity contribution in [3.8, 4) is 0 Å². The van der Waals surface area contributed by atoms with Gasteiger partial charge in [-0.05, 0) is 0 Å². The molecule has 1 amide bonds. The fourth-order valence-electron chi connectivity index (χ4n) is 0.920. The molecule has 0 fully saturated rings. The molecule has 0 aliphatic carbocycles. The van der Waals surface area contributed by atoms with Crippen LogP contribution in [0, 0.1) is 0 Å². The number of rotatable bonds is 5. The number of carbonyl (C=O) groups is 2. The van der Waals surface area contributed by atoms with Gasteiger partial charge in [0.25, 0.3) is 0 Å². The summed E-state index contributed by atoms with van der Waals surface area (Å²) < 4.78 is 0. The number of carbonyl (C=O) groups excluding carboxylic acids is 1. The lowest BCUT2D eigenvalue weighted by atomic mass is 10.2. The Morgan fingerprint density at radius 1 is 1.60 bits per heavy atom. The zero-order valence-electron chi connectivity index (χ0n) is 7.71. The van der Waals surface area contributed by atoms with Gasteiger partial charge in [0.05, 0.1) is 24.2 Å². The number of amides is 1. The van der Waals surface area contributed by atoms with Gasteiger partial charge in [0.2, 0.25) is 5.91 Å². The molecule has 0 radical (unpaired) electrons. The number of carboxylic acid groups (broad SMARTS) is 1. The van der Waals surface area contributed by atoms with Crippen molar-refractivity contribution in [2.75, 3.05) is 6.61 Å². The first kappa shape index (κ1) is 11.6. The number of thiazole rings is 1. The Balaban J connectivity index is 2.45. The normalized spacial score (nSPS) is 12.1. The molecule has 1 heterocycles. The zero-order valence-corrected chi connectivity index (χ0v) is 8.53. The van der Waals surface area contributed by atoms with Gasteiger partial charge in [-0.25, -0.2) is 9.78 Å². The summed E-state index contributed by atoms with van der Waals surface area (Å²) in [6.45, 7) is -0.627. The minimum Gasteiger partial charge on any atom is -0.480 e. The highest BCUT2D eigenvalue weighted by atomic mass is 32.1. The minimum absolute atomic E-state index is 0.0211. The highest BCUT2D eigenvalue weighted by Crippen LogP contribution is 2.01. The van der Waals surface area contributed by atoms with Crippen LogP contribution in [-0.4, -0.2) is 39.7 Å². The van der Waals surface area contributed by atoms with E-state index in [1.54, 1.807) is 10.9 Å². The summed E-state index contributed by atoms with van der Waals surface area (Å²) >= 11 is 1.36. The van der Waals surface area contributed by atoms with E-state index in [0.717, 1.165) is 0 Å². The summed E-state index contributed by atoms with van der Waals surface area (Å²) in [4.78, 5) is 25.6. The molecule has 0 saturated heterocycles. The molecule has 0 aromatic carbocycles. The number of nitrogens with one attached hydrogen (secondary N) is 1. The molecule has 1 atom stereocenters. The lowest BCUT2D eigenvalue weighted by Gasteiger charge is -2.10. The molecular formula is C8H10N2O4S. The van der Waals surface area contributed by atoms with Gasteiger partial charge < -0.3 is 15.5 Å². The third kappa shape index (κ3) is 3.64. The van der Waals surface area contributed by atoms with Crippen LogP contribution in [0.5, 0.6) is 0 Å². The molecule has 0 aliphatic heterocycles. The van der Waals surface area contributed by atoms with Gasteiger partial charge in [-0.3, -0.25) is 4.79 Å². The minimum atomic E-state index is -1.26. The van der Waals surface area contributed by atoms with Crippen molar-refractivity contribution in [3.63, 3.8) is 0 Å². The first-order valence-electron chi connectivity index (χ1n) is 4.13. The Bertz CT molecular complexity index is 338. The van der Waals surface area contributed by atoms with Gasteiger partial charge in [0.15, 0.2) is 0 Å². The molecule has 1 rings (SSSR count). The van der Waals surface area contributed by atoms with Gasteiger partial charge in [0, 0.05) is 5.38 Å². The second-order valence-corrected chi connectivity index (χ2v) is 3.52. The van der Waals surface area contributed by atoms with Crippen molar-refractivity contribution >= 4 is 23.2 Å². The van der Waals surface area contributed by atoms with E-state index in [2.05, 4.69) is 10.3 Å². The average molecular weight is 230 g/mol. The summed E-state index contributed by atoms with van der Waals surface area (Å²) in [5, 5.41) is 21.1. The molecule has 7 heteroatoms. The van der Waals surface area contributed by atoms with Crippen LogP contribution in [0.25, 0.3) is 0 Å². The second-order valence-electron chi connectivity index (χ2n) is 2.80. The molecule has 82 valence electrons. The average Bonchev–Trinajstić information content (AvgIpc) is 2.66. The monoisotopic (exact) mass is 230 g/mol. The molecule has 0 aliphatic rings. The van der Waals surface area contributed by atoms with Crippen molar-refractivity contribution in [2.45, 2.75) is 12.5 Å². The van der Waals surface area contributed by atoms with E-state index in [1.807, 2.05) is 0 Å². The number of nitrogens with zero attached hydrogens (tertiary/aromatic N) is 1. The third-order valence-electron chi connectivity index (χ3n) is 1.64. The van der Waals surface area contributed by atoms with Crippen molar-refractivity contribution in [2.24, 2.45) is 0 Å². The molecule has 3 N–H and O–H groups in total. The Hall–Kier alpha value is -1.47. The molecule has 1 aromatic heterocycles. The standard InChI is InChI=1S/C8H10N2O4S/c11-2-6(8(13)14)10-7(12)1-5-3-15-4-9-5/h3-4,6,11H,1-2H2,(H,10,12)(H,13,14). The van der Waals surface area contributed by atoms with Crippen LogP contribution in [0.15, 0.2) is 10.9 Å². The van der Waals surface area contributed by atoms with Crippen LogP contribution in [0.1, 0.15) is 5.69 Å². The first-order chi connectivity index (χ1) is 7.13. The fourth-order valence-corrected chi connectivity index (χ4v) is 1.48. The van der Waals surface area contributed by atoms with E-state index in [0.29, 0.717) is 5.69 Å². The van der Waals surface area contributed by atoms with Crippen LogP contribution < -0.4 is 5.32 Å². The van der Waals surface area contributed by atoms with E-state index in [-0.39, 0.29) is 6.42 Å². The maximum absolute atomic E-state index is 11.3. The Kier molecular flexibility index (Phi) is 4.19. The fraction of sp³-hybridized carbons (Fsp3) is 0.375. The summed E-state index contributed by atoms with van der Waals surface area (Å²) in [5.41, 5.74) is 2.17. The van der Waals surface area contributed by atoms with Crippen LogP contribution in [-0.2, 0) is 16.0 Å². The summed E-state index contributed by atoms with van der Waals surface area (Å²) in [6, 6.07) is -1.25. The quantitative estimate of drug-likeness (QED) is 0.618. The van der Waals surface area contributed by atoms with Gasteiger partial charge in [-0.15, -0.1) is 11.3 Å². The van der Waals surface area contributed by atoms with Crippen LogP contribution in [0.2, 0.25) is 0 Å². The lowest BCUT2D eigenvalue weighted by Crippen LogP contribution is -2.43.